The fraction of sp³-hybridized carbons (Fsp3) is 0.333. The van der Waals surface area contributed by atoms with Gasteiger partial charge in [-0.2, -0.15) is 8.78 Å². The molecule has 0 fully saturated rings. The Morgan fingerprint density at radius 2 is 1.83 bits per heavy atom. The number of carboxylic acid groups (broad SMARTS) is 1. The Labute approximate surface area is 102 Å². The number of carbonyl (C=O) groups is 2. The number of carbonyl (C=O) groups excluding carboxylic acids is 1. The molecule has 0 aliphatic carbocycles. The molecule has 0 heterocycles. The van der Waals surface area contributed by atoms with E-state index in [1.165, 1.54) is 31.2 Å². The van der Waals surface area contributed by atoms with Crippen molar-refractivity contribution in [3.63, 3.8) is 0 Å². The number of aryl methyl sites for hydroxylation is 1. The number of hydrogen-bond acceptors (Lipinski definition) is 3. The van der Waals surface area contributed by atoms with Gasteiger partial charge in [0.05, 0.1) is 0 Å². The summed E-state index contributed by atoms with van der Waals surface area (Å²) in [5.41, 5.74) is 0.788. The van der Waals surface area contributed by atoms with Crippen LogP contribution in [0.5, 0.6) is 5.75 Å². The molecule has 0 atom stereocenters. The number of ether oxygens (including phenoxy) is 1. The first-order chi connectivity index (χ1) is 8.31. The van der Waals surface area contributed by atoms with E-state index in [2.05, 4.69) is 4.74 Å². The Bertz CT molecular complexity index is 440. The van der Waals surface area contributed by atoms with Gasteiger partial charge in [-0.3, -0.25) is 0 Å². The van der Waals surface area contributed by atoms with Crippen LogP contribution in [0.4, 0.5) is 8.78 Å². The molecule has 1 N–H and O–H groups in total. The van der Waals surface area contributed by atoms with Gasteiger partial charge >= 0.3 is 12.1 Å². The lowest BCUT2D eigenvalue weighted by Gasteiger charge is -2.13. The Balaban J connectivity index is 2.66. The predicted octanol–water partition coefficient (Wildman–Crippen LogP) is 2.26. The van der Waals surface area contributed by atoms with Crippen molar-refractivity contribution >= 4 is 11.8 Å². The molecule has 0 aromatic heterocycles. The third kappa shape index (κ3) is 4.12. The van der Waals surface area contributed by atoms with Gasteiger partial charge in [-0.15, -0.1) is 0 Å². The number of halogens is 2. The first-order valence-electron chi connectivity index (χ1n) is 5.20. The molecular weight excluding hydrogens is 246 g/mol. The minimum atomic E-state index is -4.25. The van der Waals surface area contributed by atoms with E-state index in [0.717, 1.165) is 5.56 Å². The molecule has 1 aromatic rings. The quantitative estimate of drug-likeness (QED) is 0.850. The molecule has 6 heteroatoms. The van der Waals surface area contributed by atoms with Crippen molar-refractivity contribution in [2.45, 2.75) is 25.9 Å². The fourth-order valence-corrected chi connectivity index (χ4v) is 1.24. The molecule has 0 aliphatic heterocycles. The molecule has 0 saturated carbocycles. The number of ketones is 1. The number of alkyl halides is 2. The van der Waals surface area contributed by atoms with E-state index < -0.39 is 12.1 Å². The van der Waals surface area contributed by atoms with Crippen LogP contribution in [-0.4, -0.2) is 23.0 Å². The van der Waals surface area contributed by atoms with Gasteiger partial charge in [0.2, 0.25) is 0 Å². The number of Topliss-reactive ketones (excluding diaryl/α,β-unsaturated/α-hetero) is 1. The predicted molar refractivity (Wildman–Crippen MR) is 58.7 cm³/mol. The summed E-state index contributed by atoms with van der Waals surface area (Å²) >= 11 is 0. The number of hydrogen-bond donors (Lipinski definition) is 1. The minimum Gasteiger partial charge on any atom is -0.474 e. The molecule has 0 amide bonds. The van der Waals surface area contributed by atoms with Crippen LogP contribution in [0.25, 0.3) is 0 Å². The molecule has 1 rings (SSSR count). The van der Waals surface area contributed by atoms with Crippen LogP contribution in [0, 0.1) is 0 Å². The van der Waals surface area contributed by atoms with Gasteiger partial charge in [-0.05, 0) is 31.0 Å². The zero-order chi connectivity index (χ0) is 13.8. The Morgan fingerprint density at radius 1 is 1.28 bits per heavy atom. The summed E-state index contributed by atoms with van der Waals surface area (Å²) in [5.74, 6) is -2.55. The third-order valence-corrected chi connectivity index (χ3v) is 2.18. The highest BCUT2D eigenvalue weighted by Crippen LogP contribution is 2.22. The Kier molecular flexibility index (Phi) is 4.36. The zero-order valence-corrected chi connectivity index (χ0v) is 9.65. The summed E-state index contributed by atoms with van der Waals surface area (Å²) in [4.78, 5) is 20.9. The van der Waals surface area contributed by atoms with E-state index in [1.54, 1.807) is 0 Å². The molecular formula is C12H12F2O4. The normalized spacial score (nSPS) is 11.1. The lowest BCUT2D eigenvalue weighted by atomic mass is 10.1. The summed E-state index contributed by atoms with van der Waals surface area (Å²) in [6.07, 6.45) is -3.38. The number of benzene rings is 1. The average Bonchev–Trinajstić information content (AvgIpc) is 2.27. The number of rotatable bonds is 6. The molecule has 0 radical (unpaired) electrons. The standard InChI is InChI=1S/C12H12F2O4/c1-8(15)2-3-9-4-6-10(7-5-9)18-12(13,14)11(16)17/h4-7H,2-3H2,1H3,(H,16,17). The first kappa shape index (κ1) is 14.1. The lowest BCUT2D eigenvalue weighted by molar-refractivity contribution is -0.210. The van der Waals surface area contributed by atoms with Crippen molar-refractivity contribution in [3.05, 3.63) is 29.8 Å². The highest BCUT2D eigenvalue weighted by Gasteiger charge is 2.42. The molecule has 0 unspecified atom stereocenters. The first-order valence-corrected chi connectivity index (χ1v) is 5.20. The van der Waals surface area contributed by atoms with Crippen LogP contribution in [0.2, 0.25) is 0 Å². The maximum Gasteiger partial charge on any atom is 0.501 e. The van der Waals surface area contributed by atoms with Crippen molar-refractivity contribution in [2.75, 3.05) is 0 Å². The SMILES string of the molecule is CC(=O)CCc1ccc(OC(F)(F)C(=O)O)cc1. The largest absolute Gasteiger partial charge is 0.501 e. The van der Waals surface area contributed by atoms with Crippen molar-refractivity contribution in [3.8, 4) is 5.75 Å². The monoisotopic (exact) mass is 258 g/mol. The van der Waals surface area contributed by atoms with Crippen LogP contribution in [0.15, 0.2) is 24.3 Å². The second-order valence-electron chi connectivity index (χ2n) is 3.77. The molecule has 1 aromatic carbocycles. The van der Waals surface area contributed by atoms with Crippen molar-refractivity contribution < 1.29 is 28.2 Å². The van der Waals surface area contributed by atoms with Gasteiger partial charge < -0.3 is 14.6 Å². The van der Waals surface area contributed by atoms with E-state index in [4.69, 9.17) is 5.11 Å². The van der Waals surface area contributed by atoms with E-state index in [0.29, 0.717) is 12.8 Å². The second kappa shape index (κ2) is 5.57. The molecule has 0 aliphatic rings. The highest BCUT2D eigenvalue weighted by molar-refractivity contribution is 5.75. The second-order valence-corrected chi connectivity index (χ2v) is 3.77. The van der Waals surface area contributed by atoms with E-state index in [9.17, 15) is 18.4 Å². The van der Waals surface area contributed by atoms with Crippen LogP contribution < -0.4 is 4.74 Å². The van der Waals surface area contributed by atoms with Gasteiger partial charge in [0.15, 0.2) is 0 Å². The summed E-state index contributed by atoms with van der Waals surface area (Å²) in [6, 6.07) is 5.51. The third-order valence-electron chi connectivity index (χ3n) is 2.18. The summed E-state index contributed by atoms with van der Waals surface area (Å²) in [5, 5.41) is 8.19. The maximum atomic E-state index is 12.7. The summed E-state index contributed by atoms with van der Waals surface area (Å²) in [6.45, 7) is 1.46. The molecule has 4 nitrogen and oxygen atoms in total. The molecule has 0 bridgehead atoms. The van der Waals surface area contributed by atoms with Crippen LogP contribution in [-0.2, 0) is 16.0 Å². The van der Waals surface area contributed by atoms with Gasteiger partial charge in [0, 0.05) is 6.42 Å². The van der Waals surface area contributed by atoms with Crippen molar-refractivity contribution in [1.29, 1.82) is 0 Å². The van der Waals surface area contributed by atoms with Crippen molar-refractivity contribution in [1.82, 2.24) is 0 Å². The minimum absolute atomic E-state index is 0.0349. The van der Waals surface area contributed by atoms with Gasteiger partial charge in [0.25, 0.3) is 0 Å². The maximum absolute atomic E-state index is 12.7. The Morgan fingerprint density at radius 3 is 2.28 bits per heavy atom. The van der Waals surface area contributed by atoms with E-state index in [1.807, 2.05) is 0 Å². The van der Waals surface area contributed by atoms with Gasteiger partial charge in [-0.25, -0.2) is 4.79 Å². The van der Waals surface area contributed by atoms with E-state index >= 15 is 0 Å². The van der Waals surface area contributed by atoms with Gasteiger partial charge in [0.1, 0.15) is 11.5 Å². The summed E-state index contributed by atoms with van der Waals surface area (Å²) < 4.78 is 29.5. The average molecular weight is 258 g/mol. The lowest BCUT2D eigenvalue weighted by Crippen LogP contribution is -2.34. The fourth-order valence-electron chi connectivity index (χ4n) is 1.24. The van der Waals surface area contributed by atoms with Gasteiger partial charge in [-0.1, -0.05) is 12.1 Å². The topological polar surface area (TPSA) is 63.6 Å². The molecule has 0 spiro atoms. The molecule has 98 valence electrons. The van der Waals surface area contributed by atoms with Crippen LogP contribution >= 0.6 is 0 Å². The Hall–Kier alpha value is -1.98. The molecule has 0 saturated heterocycles. The molecule has 18 heavy (non-hydrogen) atoms. The summed E-state index contributed by atoms with van der Waals surface area (Å²) in [7, 11) is 0. The van der Waals surface area contributed by atoms with Crippen LogP contribution in [0.1, 0.15) is 18.9 Å². The smallest absolute Gasteiger partial charge is 0.474 e. The highest BCUT2D eigenvalue weighted by atomic mass is 19.3. The number of aliphatic carboxylic acids is 1. The van der Waals surface area contributed by atoms with Crippen molar-refractivity contribution in [2.24, 2.45) is 0 Å². The van der Waals surface area contributed by atoms with E-state index in [-0.39, 0.29) is 11.5 Å². The van der Waals surface area contributed by atoms with Crippen LogP contribution in [0.3, 0.4) is 0 Å². The number of carboxylic acids is 1. The zero-order valence-electron chi connectivity index (χ0n) is 9.65.